The molecule has 0 fully saturated rings. The number of ether oxygens (including phenoxy) is 3. The molecule has 0 radical (unpaired) electrons. The maximum atomic E-state index is 12.8. The Hall–Kier alpha value is -3.41. The Kier molecular flexibility index (Phi) is 64.2. The molecule has 6 heteroatoms. The van der Waals surface area contributed by atoms with Crippen molar-refractivity contribution in [3.05, 3.63) is 85.1 Å². The van der Waals surface area contributed by atoms with Crippen molar-refractivity contribution in [2.24, 2.45) is 0 Å². The molecule has 0 spiro atoms. The van der Waals surface area contributed by atoms with Gasteiger partial charge in [0, 0.05) is 19.3 Å². The number of carbonyl (C=O) groups excluding carboxylic acids is 3. The maximum Gasteiger partial charge on any atom is 0.306 e. The van der Waals surface area contributed by atoms with Crippen LogP contribution in [0.15, 0.2) is 85.1 Å². The van der Waals surface area contributed by atoms with Crippen LogP contribution < -0.4 is 0 Å². The second-order valence-electron chi connectivity index (χ2n) is 22.7. The molecule has 0 aliphatic carbocycles. The summed E-state index contributed by atoms with van der Waals surface area (Å²) in [5.74, 6) is -0.874. The van der Waals surface area contributed by atoms with E-state index in [2.05, 4.69) is 106 Å². The van der Waals surface area contributed by atoms with Gasteiger partial charge in [0.15, 0.2) is 6.10 Å². The fourth-order valence-corrected chi connectivity index (χ4v) is 9.80. The summed E-state index contributed by atoms with van der Waals surface area (Å²) in [6.45, 7) is 6.48. The molecule has 456 valence electrons. The van der Waals surface area contributed by atoms with Crippen LogP contribution in [-0.4, -0.2) is 37.2 Å². The van der Waals surface area contributed by atoms with Crippen LogP contribution in [0.1, 0.15) is 342 Å². The van der Waals surface area contributed by atoms with Crippen molar-refractivity contribution in [3.8, 4) is 0 Å². The van der Waals surface area contributed by atoms with Gasteiger partial charge in [-0.2, -0.15) is 0 Å². The molecule has 0 aromatic rings. The monoisotopic (exact) mass is 1100 g/mol. The van der Waals surface area contributed by atoms with Crippen molar-refractivity contribution in [1.29, 1.82) is 0 Å². The third-order valence-corrected chi connectivity index (χ3v) is 14.9. The number of esters is 3. The number of unbranched alkanes of at least 4 members (excludes halogenated alkanes) is 37. The summed E-state index contributed by atoms with van der Waals surface area (Å²) in [7, 11) is 0. The molecular formula is C73H128O6. The lowest BCUT2D eigenvalue weighted by molar-refractivity contribution is -0.167. The lowest BCUT2D eigenvalue weighted by Crippen LogP contribution is -2.30. The number of allylic oxidation sites excluding steroid dienone is 14. The summed E-state index contributed by atoms with van der Waals surface area (Å²) in [5.41, 5.74) is 0. The van der Waals surface area contributed by atoms with Crippen molar-refractivity contribution in [2.75, 3.05) is 13.2 Å². The number of carbonyl (C=O) groups is 3. The SMILES string of the molecule is CC/C=C\C/C=C\C/C=C\C/C=C\C/C=C\C/C=C\CCCCCCCCCCCCCCCCCCC(=O)OCC(COC(=O)CCCCCCC)OC(=O)CCCCCCCCCCC/C=C\CCCCCCCCCC. The molecule has 79 heavy (non-hydrogen) atoms. The van der Waals surface area contributed by atoms with Gasteiger partial charge in [-0.1, -0.05) is 311 Å². The van der Waals surface area contributed by atoms with Crippen molar-refractivity contribution in [1.82, 2.24) is 0 Å². The Morgan fingerprint density at radius 3 is 0.785 bits per heavy atom. The summed E-state index contributed by atoms with van der Waals surface area (Å²) >= 11 is 0. The van der Waals surface area contributed by atoms with E-state index in [0.29, 0.717) is 19.3 Å². The van der Waals surface area contributed by atoms with E-state index in [4.69, 9.17) is 14.2 Å². The summed E-state index contributed by atoms with van der Waals surface area (Å²) in [4.78, 5) is 38.0. The molecule has 0 aromatic carbocycles. The van der Waals surface area contributed by atoms with Gasteiger partial charge in [0.2, 0.25) is 0 Å². The third-order valence-electron chi connectivity index (χ3n) is 14.9. The van der Waals surface area contributed by atoms with Crippen molar-refractivity contribution in [2.45, 2.75) is 348 Å². The quantitative estimate of drug-likeness (QED) is 0.0261. The summed E-state index contributed by atoms with van der Waals surface area (Å²) in [5, 5.41) is 0. The zero-order valence-corrected chi connectivity index (χ0v) is 52.4. The van der Waals surface area contributed by atoms with E-state index in [-0.39, 0.29) is 31.1 Å². The van der Waals surface area contributed by atoms with Gasteiger partial charge in [-0.25, -0.2) is 0 Å². The van der Waals surface area contributed by atoms with Gasteiger partial charge in [-0.05, 0) is 96.3 Å². The van der Waals surface area contributed by atoms with Crippen molar-refractivity contribution in [3.63, 3.8) is 0 Å². The largest absolute Gasteiger partial charge is 0.462 e. The normalized spacial score (nSPS) is 12.6. The molecule has 0 amide bonds. The molecule has 1 atom stereocenters. The second-order valence-corrected chi connectivity index (χ2v) is 22.7. The Bertz CT molecular complexity index is 1500. The smallest absolute Gasteiger partial charge is 0.306 e. The predicted molar refractivity (Wildman–Crippen MR) is 344 cm³/mol. The first-order chi connectivity index (χ1) is 39.0. The average Bonchev–Trinajstić information content (AvgIpc) is 3.45. The van der Waals surface area contributed by atoms with Gasteiger partial charge < -0.3 is 14.2 Å². The number of hydrogen-bond donors (Lipinski definition) is 0. The number of hydrogen-bond acceptors (Lipinski definition) is 6. The molecular weight excluding hydrogens is 973 g/mol. The second kappa shape index (κ2) is 67.1. The highest BCUT2D eigenvalue weighted by Crippen LogP contribution is 2.17. The van der Waals surface area contributed by atoms with Gasteiger partial charge in [-0.15, -0.1) is 0 Å². The molecule has 0 aliphatic heterocycles. The fourth-order valence-electron chi connectivity index (χ4n) is 9.80. The Balaban J connectivity index is 3.95. The topological polar surface area (TPSA) is 78.9 Å². The molecule has 0 rings (SSSR count). The zero-order valence-electron chi connectivity index (χ0n) is 52.4. The van der Waals surface area contributed by atoms with Gasteiger partial charge in [0.1, 0.15) is 13.2 Å². The van der Waals surface area contributed by atoms with E-state index in [9.17, 15) is 14.4 Å². The van der Waals surface area contributed by atoms with Crippen LogP contribution in [0.3, 0.4) is 0 Å². The minimum Gasteiger partial charge on any atom is -0.462 e. The Morgan fingerprint density at radius 1 is 0.266 bits per heavy atom. The van der Waals surface area contributed by atoms with Crippen LogP contribution in [0.4, 0.5) is 0 Å². The fraction of sp³-hybridized carbons (Fsp3) is 0.767. The van der Waals surface area contributed by atoms with E-state index in [1.807, 2.05) is 0 Å². The van der Waals surface area contributed by atoms with Crippen LogP contribution in [0.25, 0.3) is 0 Å². The zero-order chi connectivity index (χ0) is 57.1. The highest BCUT2D eigenvalue weighted by atomic mass is 16.6. The van der Waals surface area contributed by atoms with Crippen LogP contribution in [0.5, 0.6) is 0 Å². The molecule has 0 bridgehead atoms. The van der Waals surface area contributed by atoms with Crippen molar-refractivity contribution >= 4 is 17.9 Å². The summed E-state index contributed by atoms with van der Waals surface area (Å²) in [6, 6.07) is 0. The lowest BCUT2D eigenvalue weighted by Gasteiger charge is -2.18. The van der Waals surface area contributed by atoms with Crippen LogP contribution >= 0.6 is 0 Å². The highest BCUT2D eigenvalue weighted by molar-refractivity contribution is 5.71. The first-order valence-corrected chi connectivity index (χ1v) is 34.1. The van der Waals surface area contributed by atoms with E-state index in [1.54, 1.807) is 0 Å². The Morgan fingerprint density at radius 2 is 0.494 bits per heavy atom. The molecule has 0 aliphatic rings. The molecule has 0 aromatic heterocycles. The van der Waals surface area contributed by atoms with Crippen molar-refractivity contribution < 1.29 is 28.6 Å². The van der Waals surface area contributed by atoms with Gasteiger partial charge in [-0.3, -0.25) is 14.4 Å². The van der Waals surface area contributed by atoms with E-state index >= 15 is 0 Å². The van der Waals surface area contributed by atoms with Crippen LogP contribution in [0.2, 0.25) is 0 Å². The lowest BCUT2D eigenvalue weighted by atomic mass is 10.0. The minimum absolute atomic E-state index is 0.0731. The van der Waals surface area contributed by atoms with Crippen LogP contribution in [0, 0.1) is 0 Å². The molecule has 0 heterocycles. The van der Waals surface area contributed by atoms with Gasteiger partial charge in [0.25, 0.3) is 0 Å². The minimum atomic E-state index is -0.772. The predicted octanol–water partition coefficient (Wildman–Crippen LogP) is 23.4. The third kappa shape index (κ3) is 65.3. The van der Waals surface area contributed by atoms with E-state index in [1.165, 1.54) is 199 Å². The maximum absolute atomic E-state index is 12.8. The van der Waals surface area contributed by atoms with Crippen LogP contribution in [-0.2, 0) is 28.6 Å². The van der Waals surface area contributed by atoms with E-state index in [0.717, 1.165) is 103 Å². The highest BCUT2D eigenvalue weighted by Gasteiger charge is 2.19. The first-order valence-electron chi connectivity index (χ1n) is 34.1. The average molecular weight is 1100 g/mol. The molecule has 6 nitrogen and oxygen atoms in total. The molecule has 0 N–H and O–H groups in total. The summed E-state index contributed by atoms with van der Waals surface area (Å²) < 4.78 is 16.8. The molecule has 1 unspecified atom stereocenters. The Labute approximate surface area is 490 Å². The van der Waals surface area contributed by atoms with E-state index < -0.39 is 6.10 Å². The summed E-state index contributed by atoms with van der Waals surface area (Å²) in [6.07, 6.45) is 89.5. The van der Waals surface area contributed by atoms with Gasteiger partial charge in [0.05, 0.1) is 0 Å². The first kappa shape index (κ1) is 75.6. The molecule has 0 saturated carbocycles. The number of rotatable bonds is 62. The van der Waals surface area contributed by atoms with Gasteiger partial charge >= 0.3 is 17.9 Å². The standard InChI is InChI=1S/C73H128O6/c1-4-7-10-13-15-17-19-21-23-25-27-29-30-31-32-33-34-35-36-37-38-39-40-41-42-44-45-47-49-51-53-55-57-60-63-66-72(75)78-69-70(68-77-71(74)65-62-59-12-9-6-3)79-73(76)67-64-61-58-56-54-52-50-48-46-43-28-26-24-22-20-18-16-14-11-8-5-2/h7,10,15,17,21,23,26-29,31-32,34-35,70H,4-6,8-9,11-14,16,18-20,22,24-25,30,33,36-69H2,1-3H3/b10-7-,17-15-,23-21-,28-26-,29-27-,32-31-,35-34-. The molecule has 0 saturated heterocycles.